The lowest BCUT2D eigenvalue weighted by molar-refractivity contribution is -0.134. The van der Waals surface area contributed by atoms with Crippen molar-refractivity contribution >= 4 is 5.91 Å². The fourth-order valence-electron chi connectivity index (χ4n) is 4.29. The minimum Gasteiger partial charge on any atom is -0.454 e. The zero-order valence-corrected chi connectivity index (χ0v) is 17.3. The molecule has 0 unspecified atom stereocenters. The van der Waals surface area contributed by atoms with Crippen LogP contribution in [0.2, 0.25) is 0 Å². The highest BCUT2D eigenvalue weighted by Gasteiger charge is 2.27. The number of hydrogen-bond donors (Lipinski definition) is 0. The second-order valence-electron chi connectivity index (χ2n) is 8.03. The molecule has 1 aliphatic carbocycles. The molecule has 0 saturated heterocycles. The molecule has 2 aliphatic rings. The van der Waals surface area contributed by atoms with Crippen molar-refractivity contribution in [3.8, 4) is 22.9 Å². The molecule has 0 atom stereocenters. The van der Waals surface area contributed by atoms with Gasteiger partial charge in [0.25, 0.3) is 0 Å². The van der Waals surface area contributed by atoms with E-state index in [1.807, 2.05) is 53.4 Å². The van der Waals surface area contributed by atoms with Gasteiger partial charge < -0.3 is 18.9 Å². The van der Waals surface area contributed by atoms with Crippen LogP contribution in [0.4, 0.5) is 0 Å². The lowest BCUT2D eigenvalue weighted by atomic mass is 10.1. The molecule has 0 radical (unpaired) electrons. The molecule has 31 heavy (non-hydrogen) atoms. The van der Waals surface area contributed by atoms with Crippen molar-refractivity contribution in [2.24, 2.45) is 0 Å². The lowest BCUT2D eigenvalue weighted by Crippen LogP contribution is -2.38. The highest BCUT2D eigenvalue weighted by Crippen LogP contribution is 2.34. The topological polar surface area (TPSA) is 77.7 Å². The summed E-state index contributed by atoms with van der Waals surface area (Å²) in [4.78, 5) is 19.7. The number of carbonyl (C=O) groups excluding carboxylic acids is 1. The van der Waals surface area contributed by atoms with Crippen LogP contribution in [-0.2, 0) is 17.8 Å². The van der Waals surface area contributed by atoms with Gasteiger partial charge in [0.05, 0.1) is 0 Å². The number of benzene rings is 2. The van der Waals surface area contributed by atoms with E-state index in [0.29, 0.717) is 31.1 Å². The maximum Gasteiger partial charge on any atom is 0.231 e. The molecule has 1 aliphatic heterocycles. The van der Waals surface area contributed by atoms with Crippen molar-refractivity contribution in [1.29, 1.82) is 0 Å². The maximum atomic E-state index is 13.2. The van der Waals surface area contributed by atoms with E-state index in [4.69, 9.17) is 14.0 Å². The Bertz CT molecular complexity index is 1040. The second-order valence-corrected chi connectivity index (χ2v) is 8.03. The van der Waals surface area contributed by atoms with Crippen molar-refractivity contribution in [1.82, 2.24) is 15.0 Å². The molecule has 2 aromatic carbocycles. The molecule has 1 aromatic heterocycles. The predicted molar refractivity (Wildman–Crippen MR) is 113 cm³/mol. The van der Waals surface area contributed by atoms with Crippen LogP contribution >= 0.6 is 0 Å². The van der Waals surface area contributed by atoms with Gasteiger partial charge in [0.15, 0.2) is 11.5 Å². The molecule has 1 amide bonds. The average molecular weight is 419 g/mol. The highest BCUT2D eigenvalue weighted by molar-refractivity contribution is 5.76. The fourth-order valence-corrected chi connectivity index (χ4v) is 4.29. The van der Waals surface area contributed by atoms with E-state index >= 15 is 0 Å². The Hall–Kier alpha value is -3.35. The van der Waals surface area contributed by atoms with E-state index < -0.39 is 0 Å². The standard InChI is InChI=1S/C24H25N3O4/c28-23(13-12-22-25-24(26-31-22)18-6-2-1-3-7-18)27(19-8-4-5-9-19)15-17-10-11-20-21(14-17)30-16-29-20/h1-3,6-7,10-11,14,19H,4-5,8-9,12-13,15-16H2. The van der Waals surface area contributed by atoms with Crippen molar-refractivity contribution in [2.45, 2.75) is 51.1 Å². The molecule has 2 heterocycles. The molecule has 160 valence electrons. The van der Waals surface area contributed by atoms with Crippen LogP contribution in [0.1, 0.15) is 43.6 Å². The van der Waals surface area contributed by atoms with Gasteiger partial charge in [-0.15, -0.1) is 0 Å². The summed E-state index contributed by atoms with van der Waals surface area (Å²) in [6.07, 6.45) is 5.21. The Morgan fingerprint density at radius 1 is 1.03 bits per heavy atom. The van der Waals surface area contributed by atoms with E-state index in [1.54, 1.807) is 0 Å². The quantitative estimate of drug-likeness (QED) is 0.566. The minimum atomic E-state index is 0.115. The second kappa shape index (κ2) is 8.79. The van der Waals surface area contributed by atoms with Gasteiger partial charge in [0, 0.05) is 31.0 Å². The van der Waals surface area contributed by atoms with Gasteiger partial charge in [-0.2, -0.15) is 4.98 Å². The summed E-state index contributed by atoms with van der Waals surface area (Å²) in [7, 11) is 0. The molecule has 0 spiro atoms. The monoisotopic (exact) mass is 419 g/mol. The first-order chi connectivity index (χ1) is 15.3. The zero-order valence-electron chi connectivity index (χ0n) is 17.3. The maximum absolute atomic E-state index is 13.2. The van der Waals surface area contributed by atoms with Crippen LogP contribution in [0.25, 0.3) is 11.4 Å². The number of amides is 1. The number of fused-ring (bicyclic) bond motifs is 1. The number of hydrogen-bond acceptors (Lipinski definition) is 6. The van der Waals surface area contributed by atoms with Crippen LogP contribution in [0, 0.1) is 0 Å². The number of ether oxygens (including phenoxy) is 2. The van der Waals surface area contributed by atoms with Crippen LogP contribution < -0.4 is 9.47 Å². The Morgan fingerprint density at radius 2 is 1.84 bits per heavy atom. The van der Waals surface area contributed by atoms with E-state index in [-0.39, 0.29) is 18.7 Å². The number of nitrogens with zero attached hydrogens (tertiary/aromatic N) is 3. The number of rotatable bonds is 7. The third-order valence-electron chi connectivity index (χ3n) is 5.93. The smallest absolute Gasteiger partial charge is 0.231 e. The number of aromatic nitrogens is 2. The highest BCUT2D eigenvalue weighted by atomic mass is 16.7. The predicted octanol–water partition coefficient (Wildman–Crippen LogP) is 4.37. The first-order valence-electron chi connectivity index (χ1n) is 10.8. The van der Waals surface area contributed by atoms with Crippen molar-refractivity contribution < 1.29 is 18.8 Å². The Balaban J connectivity index is 1.26. The molecular formula is C24H25N3O4. The summed E-state index contributed by atoms with van der Waals surface area (Å²) in [6, 6.07) is 15.9. The third kappa shape index (κ3) is 4.40. The van der Waals surface area contributed by atoms with Gasteiger partial charge in [0.1, 0.15) is 0 Å². The molecule has 5 rings (SSSR count). The van der Waals surface area contributed by atoms with E-state index in [2.05, 4.69) is 10.1 Å². The van der Waals surface area contributed by atoms with Gasteiger partial charge in [-0.3, -0.25) is 4.79 Å². The van der Waals surface area contributed by atoms with E-state index in [9.17, 15) is 4.79 Å². The van der Waals surface area contributed by atoms with Crippen LogP contribution in [-0.4, -0.2) is 33.8 Å². The average Bonchev–Trinajstić information content (AvgIpc) is 3.58. The molecule has 1 saturated carbocycles. The van der Waals surface area contributed by atoms with Gasteiger partial charge in [0.2, 0.25) is 24.4 Å². The van der Waals surface area contributed by atoms with Gasteiger partial charge in [-0.05, 0) is 30.5 Å². The normalized spacial score (nSPS) is 15.4. The Kier molecular flexibility index (Phi) is 5.56. The lowest BCUT2D eigenvalue weighted by Gasteiger charge is -2.29. The molecule has 1 fully saturated rings. The van der Waals surface area contributed by atoms with E-state index in [1.165, 1.54) is 12.8 Å². The van der Waals surface area contributed by atoms with Gasteiger partial charge in [-0.25, -0.2) is 0 Å². The van der Waals surface area contributed by atoms with E-state index in [0.717, 1.165) is 35.5 Å². The van der Waals surface area contributed by atoms with Crippen molar-refractivity contribution in [2.75, 3.05) is 6.79 Å². The fraction of sp³-hybridized carbons (Fsp3) is 0.375. The molecule has 7 heteroatoms. The molecular weight excluding hydrogens is 394 g/mol. The summed E-state index contributed by atoms with van der Waals surface area (Å²) in [5, 5.41) is 4.05. The third-order valence-corrected chi connectivity index (χ3v) is 5.93. The van der Waals surface area contributed by atoms with Crippen LogP contribution in [0.15, 0.2) is 53.1 Å². The summed E-state index contributed by atoms with van der Waals surface area (Å²) >= 11 is 0. The summed E-state index contributed by atoms with van der Waals surface area (Å²) in [6.45, 7) is 0.818. The molecule has 0 N–H and O–H groups in total. The summed E-state index contributed by atoms with van der Waals surface area (Å²) in [5.74, 6) is 2.66. The Morgan fingerprint density at radius 3 is 2.68 bits per heavy atom. The van der Waals surface area contributed by atoms with Gasteiger partial charge in [-0.1, -0.05) is 54.4 Å². The molecule has 7 nitrogen and oxygen atoms in total. The van der Waals surface area contributed by atoms with Crippen molar-refractivity contribution in [3.63, 3.8) is 0 Å². The molecule has 3 aromatic rings. The van der Waals surface area contributed by atoms with Crippen molar-refractivity contribution in [3.05, 3.63) is 60.0 Å². The molecule has 0 bridgehead atoms. The first kappa shape index (κ1) is 19.6. The number of carbonyl (C=O) groups is 1. The zero-order chi connectivity index (χ0) is 21.0. The van der Waals surface area contributed by atoms with Crippen LogP contribution in [0.5, 0.6) is 11.5 Å². The Labute approximate surface area is 181 Å². The van der Waals surface area contributed by atoms with Gasteiger partial charge >= 0.3 is 0 Å². The SMILES string of the molecule is O=C(CCc1nc(-c2ccccc2)no1)N(Cc1ccc2c(c1)OCO2)C1CCCC1. The first-order valence-corrected chi connectivity index (χ1v) is 10.8. The number of aryl methyl sites for hydroxylation is 1. The van der Waals surface area contributed by atoms with Crippen LogP contribution in [0.3, 0.4) is 0 Å². The summed E-state index contributed by atoms with van der Waals surface area (Å²) < 4.78 is 16.3. The summed E-state index contributed by atoms with van der Waals surface area (Å²) in [5.41, 5.74) is 1.95. The minimum absolute atomic E-state index is 0.115. The largest absolute Gasteiger partial charge is 0.454 e.